The van der Waals surface area contributed by atoms with Gasteiger partial charge in [-0.1, -0.05) is 0 Å². The van der Waals surface area contributed by atoms with E-state index in [1.165, 1.54) is 17.5 Å². The summed E-state index contributed by atoms with van der Waals surface area (Å²) in [4.78, 5) is 8.90. The molecule has 23 heavy (non-hydrogen) atoms. The normalized spacial score (nSPS) is 21.6. The van der Waals surface area contributed by atoms with Crippen molar-refractivity contribution in [3.63, 3.8) is 0 Å². The predicted octanol–water partition coefficient (Wildman–Crippen LogP) is 2.33. The first-order valence-electron chi connectivity index (χ1n) is 7.12. The van der Waals surface area contributed by atoms with Crippen LogP contribution in [0.1, 0.15) is 23.5 Å². The standard InChI is InChI=1S/C13H17NO2.C2HF3O2/c1-15-12-3-2-11-9(4-5-16-11)13(12)10-6-8(10)7-14;3-2(4,5)1(6)7/h2-3,8,10H,4-7,14H2,1H3;(H,6,7)/t8-,10+;/m1./s1. The van der Waals surface area contributed by atoms with E-state index < -0.39 is 12.1 Å². The Morgan fingerprint density at radius 3 is 2.61 bits per heavy atom. The minimum absolute atomic E-state index is 0.594. The van der Waals surface area contributed by atoms with Crippen LogP contribution in [0, 0.1) is 5.92 Å². The van der Waals surface area contributed by atoms with Gasteiger partial charge in [0.2, 0.25) is 0 Å². The maximum atomic E-state index is 10.6. The number of rotatable bonds is 3. The van der Waals surface area contributed by atoms with E-state index in [1.54, 1.807) is 7.11 Å². The van der Waals surface area contributed by atoms with Crippen LogP contribution in [0.2, 0.25) is 0 Å². The first-order valence-corrected chi connectivity index (χ1v) is 7.12. The molecule has 1 aromatic rings. The quantitative estimate of drug-likeness (QED) is 0.887. The number of benzene rings is 1. The SMILES string of the molecule is COc1ccc2c(c1[C@H]1C[C@@H]1CN)CCO2.O=C(O)C(F)(F)F. The van der Waals surface area contributed by atoms with Crippen LogP contribution in [0.5, 0.6) is 11.5 Å². The van der Waals surface area contributed by atoms with Gasteiger partial charge < -0.3 is 20.3 Å². The first-order chi connectivity index (χ1) is 10.8. The smallest absolute Gasteiger partial charge is 0.490 e. The van der Waals surface area contributed by atoms with Gasteiger partial charge in [-0.3, -0.25) is 0 Å². The number of carboxylic acid groups (broad SMARTS) is 1. The van der Waals surface area contributed by atoms with Crippen molar-refractivity contribution in [3.05, 3.63) is 23.3 Å². The molecule has 0 aromatic heterocycles. The Hall–Kier alpha value is -1.96. The summed E-state index contributed by atoms with van der Waals surface area (Å²) in [5.41, 5.74) is 8.43. The van der Waals surface area contributed by atoms with Crippen LogP contribution in [0.4, 0.5) is 13.2 Å². The van der Waals surface area contributed by atoms with Gasteiger partial charge in [0.25, 0.3) is 0 Å². The number of hydrogen-bond donors (Lipinski definition) is 2. The van der Waals surface area contributed by atoms with Gasteiger partial charge in [-0.05, 0) is 36.9 Å². The van der Waals surface area contributed by atoms with E-state index in [1.807, 2.05) is 12.1 Å². The third-order valence-corrected chi connectivity index (χ3v) is 3.94. The fourth-order valence-corrected chi connectivity index (χ4v) is 2.73. The summed E-state index contributed by atoms with van der Waals surface area (Å²) in [5.74, 6) is 0.522. The summed E-state index contributed by atoms with van der Waals surface area (Å²) in [6.45, 7) is 1.58. The van der Waals surface area contributed by atoms with Gasteiger partial charge in [0.1, 0.15) is 11.5 Å². The molecule has 0 bridgehead atoms. The number of ether oxygens (including phenoxy) is 2. The Kier molecular flexibility index (Phi) is 5.03. The number of methoxy groups -OCH3 is 1. The molecule has 5 nitrogen and oxygen atoms in total. The lowest BCUT2D eigenvalue weighted by atomic mass is 9.98. The number of carboxylic acids is 1. The zero-order valence-corrected chi connectivity index (χ0v) is 12.5. The summed E-state index contributed by atoms with van der Waals surface area (Å²) in [6, 6.07) is 4.04. The second-order valence-corrected chi connectivity index (χ2v) is 5.40. The second kappa shape index (κ2) is 6.66. The average molecular weight is 333 g/mol. The summed E-state index contributed by atoms with van der Waals surface area (Å²) < 4.78 is 42.8. The van der Waals surface area contributed by atoms with Crippen LogP contribution in [0.3, 0.4) is 0 Å². The van der Waals surface area contributed by atoms with E-state index in [0.717, 1.165) is 31.1 Å². The van der Waals surface area contributed by atoms with E-state index in [-0.39, 0.29) is 0 Å². The number of fused-ring (bicyclic) bond motifs is 1. The van der Waals surface area contributed by atoms with E-state index in [4.69, 9.17) is 25.1 Å². The van der Waals surface area contributed by atoms with Crippen molar-refractivity contribution in [2.45, 2.75) is 24.9 Å². The molecule has 0 unspecified atom stereocenters. The van der Waals surface area contributed by atoms with Gasteiger partial charge >= 0.3 is 12.1 Å². The summed E-state index contributed by atoms with van der Waals surface area (Å²) in [6.07, 6.45) is -2.88. The molecule has 128 valence electrons. The van der Waals surface area contributed by atoms with Crippen LogP contribution >= 0.6 is 0 Å². The molecule has 2 atom stereocenters. The van der Waals surface area contributed by atoms with E-state index >= 15 is 0 Å². The molecule has 1 aliphatic carbocycles. The summed E-state index contributed by atoms with van der Waals surface area (Å²) >= 11 is 0. The van der Waals surface area contributed by atoms with E-state index in [2.05, 4.69) is 0 Å². The Balaban J connectivity index is 0.000000236. The lowest BCUT2D eigenvalue weighted by molar-refractivity contribution is -0.192. The number of nitrogens with two attached hydrogens (primary N) is 1. The number of halogens is 3. The van der Waals surface area contributed by atoms with Crippen LogP contribution < -0.4 is 15.2 Å². The Bertz CT molecular complexity index is 589. The van der Waals surface area contributed by atoms with Crippen molar-refractivity contribution in [2.24, 2.45) is 11.7 Å². The lowest BCUT2D eigenvalue weighted by Gasteiger charge is -2.12. The van der Waals surface area contributed by atoms with Crippen molar-refractivity contribution in [1.29, 1.82) is 0 Å². The molecular weight excluding hydrogens is 315 g/mol. The van der Waals surface area contributed by atoms with Gasteiger partial charge in [-0.25, -0.2) is 4.79 Å². The Morgan fingerprint density at radius 2 is 2.13 bits per heavy atom. The molecular formula is C15H18F3NO4. The fourth-order valence-electron chi connectivity index (χ4n) is 2.73. The van der Waals surface area contributed by atoms with Crippen molar-refractivity contribution in [2.75, 3.05) is 20.3 Å². The maximum absolute atomic E-state index is 10.6. The van der Waals surface area contributed by atoms with Crippen LogP contribution in [-0.4, -0.2) is 37.5 Å². The topological polar surface area (TPSA) is 81.8 Å². The van der Waals surface area contributed by atoms with Gasteiger partial charge in [-0.2, -0.15) is 13.2 Å². The molecule has 1 heterocycles. The first kappa shape index (κ1) is 17.4. The predicted molar refractivity (Wildman–Crippen MR) is 75.8 cm³/mol. The van der Waals surface area contributed by atoms with Crippen molar-refractivity contribution >= 4 is 5.97 Å². The molecule has 1 aliphatic heterocycles. The van der Waals surface area contributed by atoms with Gasteiger partial charge in [0, 0.05) is 17.5 Å². The molecule has 8 heteroatoms. The van der Waals surface area contributed by atoms with E-state index in [0.29, 0.717) is 11.8 Å². The molecule has 0 saturated heterocycles. The number of aliphatic carboxylic acids is 1. The largest absolute Gasteiger partial charge is 0.496 e. The van der Waals surface area contributed by atoms with Crippen molar-refractivity contribution < 1.29 is 32.5 Å². The molecule has 3 rings (SSSR count). The lowest BCUT2D eigenvalue weighted by Crippen LogP contribution is -2.21. The summed E-state index contributed by atoms with van der Waals surface area (Å²) in [7, 11) is 1.74. The van der Waals surface area contributed by atoms with Crippen LogP contribution in [0.15, 0.2) is 12.1 Å². The fraction of sp³-hybridized carbons (Fsp3) is 0.533. The molecule has 0 spiro atoms. The molecule has 3 N–H and O–H groups in total. The number of alkyl halides is 3. The molecule has 1 fully saturated rings. The maximum Gasteiger partial charge on any atom is 0.490 e. The highest BCUT2D eigenvalue weighted by Gasteiger charge is 2.41. The number of hydrogen-bond acceptors (Lipinski definition) is 4. The Labute approximate surface area is 131 Å². The zero-order chi connectivity index (χ0) is 17.2. The van der Waals surface area contributed by atoms with Crippen molar-refractivity contribution in [1.82, 2.24) is 0 Å². The number of carbonyl (C=O) groups is 1. The van der Waals surface area contributed by atoms with Gasteiger partial charge in [0.05, 0.1) is 13.7 Å². The monoisotopic (exact) mass is 333 g/mol. The van der Waals surface area contributed by atoms with Crippen molar-refractivity contribution in [3.8, 4) is 11.5 Å². The Morgan fingerprint density at radius 1 is 1.48 bits per heavy atom. The highest BCUT2D eigenvalue weighted by atomic mass is 19.4. The van der Waals surface area contributed by atoms with Gasteiger partial charge in [0.15, 0.2) is 0 Å². The molecule has 1 aromatic carbocycles. The zero-order valence-electron chi connectivity index (χ0n) is 12.5. The highest BCUT2D eigenvalue weighted by Crippen LogP contribution is 2.53. The second-order valence-electron chi connectivity index (χ2n) is 5.40. The van der Waals surface area contributed by atoms with Crippen LogP contribution in [-0.2, 0) is 11.2 Å². The molecule has 0 amide bonds. The summed E-state index contributed by atoms with van der Waals surface area (Å²) in [5, 5.41) is 7.12. The van der Waals surface area contributed by atoms with E-state index in [9.17, 15) is 13.2 Å². The third-order valence-electron chi connectivity index (χ3n) is 3.94. The third kappa shape index (κ3) is 3.87. The highest BCUT2D eigenvalue weighted by molar-refractivity contribution is 5.73. The minimum atomic E-state index is -5.08. The molecule has 1 saturated carbocycles. The minimum Gasteiger partial charge on any atom is -0.496 e. The molecule has 0 radical (unpaired) electrons. The average Bonchev–Trinajstić information content (AvgIpc) is 3.11. The van der Waals surface area contributed by atoms with Crippen LogP contribution in [0.25, 0.3) is 0 Å². The van der Waals surface area contributed by atoms with Gasteiger partial charge in [-0.15, -0.1) is 0 Å². The molecule has 2 aliphatic rings.